The Hall–Kier alpha value is -1.24. The first-order valence-electron chi connectivity index (χ1n) is 6.47. The van der Waals surface area contributed by atoms with Crippen molar-refractivity contribution in [2.45, 2.75) is 44.6 Å². The largest absolute Gasteiger partial charge is 0.402 e. The van der Waals surface area contributed by atoms with Gasteiger partial charge in [0.05, 0.1) is 6.04 Å². The molecule has 2 atom stereocenters. The Morgan fingerprint density at radius 2 is 1.29 bits per heavy atom. The molecule has 0 aliphatic carbocycles. The van der Waals surface area contributed by atoms with Crippen LogP contribution >= 0.6 is 0 Å². The molecular weight excluding hydrogens is 296 g/mol. The van der Waals surface area contributed by atoms with Crippen LogP contribution in [0.1, 0.15) is 43.4 Å². The molecule has 1 rings (SSSR count). The van der Waals surface area contributed by atoms with Crippen molar-refractivity contribution in [3.05, 3.63) is 35.4 Å². The third-order valence-corrected chi connectivity index (χ3v) is 3.57. The summed E-state index contributed by atoms with van der Waals surface area (Å²) in [5.41, 5.74) is 5.90. The summed E-state index contributed by atoms with van der Waals surface area (Å²) >= 11 is 0. The summed E-state index contributed by atoms with van der Waals surface area (Å²) in [6, 6.07) is 3.34. The molecule has 1 aromatic carbocycles. The van der Waals surface area contributed by atoms with Gasteiger partial charge in [-0.05, 0) is 23.5 Å². The highest BCUT2D eigenvalue weighted by molar-refractivity contribution is 5.27. The molecule has 0 aliphatic rings. The van der Waals surface area contributed by atoms with Gasteiger partial charge in [0.2, 0.25) is 0 Å². The molecule has 2 unspecified atom stereocenters. The van der Waals surface area contributed by atoms with Gasteiger partial charge in [-0.15, -0.1) is 0 Å². The van der Waals surface area contributed by atoms with Crippen molar-refractivity contribution >= 4 is 0 Å². The Bertz CT molecular complexity index is 434. The molecule has 0 heterocycles. The zero-order valence-electron chi connectivity index (χ0n) is 11.6. The maximum atomic E-state index is 12.6. The first-order valence-corrected chi connectivity index (χ1v) is 6.47. The second kappa shape index (κ2) is 6.25. The van der Waals surface area contributed by atoms with E-state index in [1.807, 2.05) is 13.8 Å². The fourth-order valence-corrected chi connectivity index (χ4v) is 2.07. The van der Waals surface area contributed by atoms with Gasteiger partial charge in [-0.25, -0.2) is 0 Å². The smallest absolute Gasteiger partial charge is 0.323 e. The summed E-state index contributed by atoms with van der Waals surface area (Å²) in [7, 11) is 0. The molecule has 0 aliphatic heterocycles. The van der Waals surface area contributed by atoms with E-state index in [1.165, 1.54) is 24.3 Å². The lowest BCUT2D eigenvalue weighted by Gasteiger charge is -2.28. The van der Waals surface area contributed by atoms with Crippen LogP contribution in [0.25, 0.3) is 0 Å². The number of halogens is 6. The van der Waals surface area contributed by atoms with E-state index in [-0.39, 0.29) is 11.5 Å². The lowest BCUT2D eigenvalue weighted by Crippen LogP contribution is -2.43. The summed E-state index contributed by atoms with van der Waals surface area (Å²) < 4.78 is 75.7. The molecule has 1 aromatic rings. The Balaban J connectivity index is 3.08. The lowest BCUT2D eigenvalue weighted by molar-refractivity contribution is -0.290. The Morgan fingerprint density at radius 1 is 0.905 bits per heavy atom. The van der Waals surface area contributed by atoms with Crippen LogP contribution in [0.3, 0.4) is 0 Å². The van der Waals surface area contributed by atoms with Gasteiger partial charge >= 0.3 is 12.4 Å². The van der Waals surface area contributed by atoms with E-state index in [0.29, 0.717) is 0 Å². The average Bonchev–Trinajstić information content (AvgIpc) is 2.34. The maximum absolute atomic E-state index is 12.6. The van der Waals surface area contributed by atoms with E-state index >= 15 is 0 Å². The Morgan fingerprint density at radius 3 is 1.62 bits per heavy atom. The van der Waals surface area contributed by atoms with Crippen molar-refractivity contribution in [2.24, 2.45) is 11.7 Å². The molecule has 120 valence electrons. The van der Waals surface area contributed by atoms with E-state index in [9.17, 15) is 26.3 Å². The number of rotatable bonds is 4. The van der Waals surface area contributed by atoms with Crippen LogP contribution in [0.15, 0.2) is 24.3 Å². The fraction of sp³-hybridized carbons (Fsp3) is 0.571. The normalized spacial score (nSPS) is 16.1. The number of hydrogen-bond acceptors (Lipinski definition) is 1. The molecule has 21 heavy (non-hydrogen) atoms. The highest BCUT2D eigenvalue weighted by atomic mass is 19.4. The average molecular weight is 313 g/mol. The van der Waals surface area contributed by atoms with Crippen molar-refractivity contribution in [1.29, 1.82) is 0 Å². The Labute approximate surface area is 119 Å². The molecule has 0 fully saturated rings. The first-order chi connectivity index (χ1) is 9.48. The van der Waals surface area contributed by atoms with Gasteiger partial charge in [0.25, 0.3) is 0 Å². The monoisotopic (exact) mass is 313 g/mol. The SMILES string of the molecule is CCC(C)c1ccc(C(N)C(C(F)(F)F)C(F)(F)F)cc1. The molecule has 0 aromatic heterocycles. The van der Waals surface area contributed by atoms with Crippen LogP contribution in [-0.2, 0) is 0 Å². The number of alkyl halides is 6. The van der Waals surface area contributed by atoms with Gasteiger partial charge in [0, 0.05) is 0 Å². The zero-order valence-corrected chi connectivity index (χ0v) is 11.6. The zero-order chi connectivity index (χ0) is 16.4. The molecule has 1 nitrogen and oxygen atoms in total. The molecule has 0 radical (unpaired) electrons. The summed E-state index contributed by atoms with van der Waals surface area (Å²) in [4.78, 5) is 0. The van der Waals surface area contributed by atoms with Crippen LogP contribution in [0.4, 0.5) is 26.3 Å². The second-order valence-corrected chi connectivity index (χ2v) is 5.06. The van der Waals surface area contributed by atoms with Crippen molar-refractivity contribution in [3.63, 3.8) is 0 Å². The summed E-state index contributed by atoms with van der Waals surface area (Å²) in [5.74, 6) is -3.39. The Kier molecular flexibility index (Phi) is 5.30. The van der Waals surface area contributed by atoms with Crippen molar-refractivity contribution in [1.82, 2.24) is 0 Å². The fourth-order valence-electron chi connectivity index (χ4n) is 2.07. The summed E-state index contributed by atoms with van der Waals surface area (Å²) in [6.07, 6.45) is -10.1. The summed E-state index contributed by atoms with van der Waals surface area (Å²) in [5, 5.41) is 0. The molecule has 0 saturated heterocycles. The van der Waals surface area contributed by atoms with Crippen LogP contribution < -0.4 is 5.73 Å². The molecule has 7 heteroatoms. The number of hydrogen-bond donors (Lipinski definition) is 1. The van der Waals surface area contributed by atoms with E-state index in [1.54, 1.807) is 0 Å². The van der Waals surface area contributed by atoms with Crippen LogP contribution in [-0.4, -0.2) is 12.4 Å². The quantitative estimate of drug-likeness (QED) is 0.783. The molecule has 0 bridgehead atoms. The van der Waals surface area contributed by atoms with Gasteiger partial charge in [-0.3, -0.25) is 0 Å². The lowest BCUT2D eigenvalue weighted by atomic mass is 9.90. The maximum Gasteiger partial charge on any atom is 0.402 e. The second-order valence-electron chi connectivity index (χ2n) is 5.06. The summed E-state index contributed by atoms with van der Waals surface area (Å²) in [6.45, 7) is 3.86. The predicted molar refractivity (Wildman–Crippen MR) is 67.7 cm³/mol. The van der Waals surface area contributed by atoms with Crippen molar-refractivity contribution < 1.29 is 26.3 Å². The molecule has 0 saturated carbocycles. The minimum absolute atomic E-state index is 0.177. The predicted octanol–water partition coefficient (Wildman–Crippen LogP) is 4.94. The van der Waals surface area contributed by atoms with E-state index < -0.39 is 24.3 Å². The van der Waals surface area contributed by atoms with Crippen LogP contribution in [0, 0.1) is 5.92 Å². The van der Waals surface area contributed by atoms with Gasteiger partial charge < -0.3 is 5.73 Å². The number of benzene rings is 1. The highest BCUT2D eigenvalue weighted by Crippen LogP contribution is 2.45. The topological polar surface area (TPSA) is 26.0 Å². The van der Waals surface area contributed by atoms with Crippen LogP contribution in [0.2, 0.25) is 0 Å². The number of nitrogens with two attached hydrogens (primary N) is 1. The third-order valence-electron chi connectivity index (χ3n) is 3.57. The molecular formula is C14H17F6N. The van der Waals surface area contributed by atoms with Gasteiger partial charge in [0.1, 0.15) is 0 Å². The molecule has 0 amide bonds. The van der Waals surface area contributed by atoms with E-state index in [4.69, 9.17) is 5.73 Å². The van der Waals surface area contributed by atoms with Crippen molar-refractivity contribution in [3.8, 4) is 0 Å². The first kappa shape index (κ1) is 17.8. The standard InChI is InChI=1S/C14H17F6N/c1-3-8(2)9-4-6-10(7-5-9)11(21)12(13(15,16)17)14(18,19)20/h4-8,11-12H,3,21H2,1-2H3. The molecule has 0 spiro atoms. The highest BCUT2D eigenvalue weighted by Gasteiger charge is 2.59. The van der Waals surface area contributed by atoms with Gasteiger partial charge in [-0.2, -0.15) is 26.3 Å². The van der Waals surface area contributed by atoms with Crippen LogP contribution in [0.5, 0.6) is 0 Å². The molecule has 2 N–H and O–H groups in total. The third kappa shape index (κ3) is 4.36. The van der Waals surface area contributed by atoms with E-state index in [2.05, 4.69) is 0 Å². The minimum atomic E-state index is -5.44. The minimum Gasteiger partial charge on any atom is -0.323 e. The van der Waals surface area contributed by atoms with E-state index in [0.717, 1.165) is 12.0 Å². The van der Waals surface area contributed by atoms with Gasteiger partial charge in [-0.1, -0.05) is 38.1 Å². The van der Waals surface area contributed by atoms with Crippen molar-refractivity contribution in [2.75, 3.05) is 0 Å². The van der Waals surface area contributed by atoms with Gasteiger partial charge in [0.15, 0.2) is 5.92 Å².